The summed E-state index contributed by atoms with van der Waals surface area (Å²) in [6.07, 6.45) is 1.56. The standard InChI is InChI=1S/C11H11Cl2N3O/c12-7-3-4-8(13)10(6-7)16-15-9-2-1-5-14-11(9)17/h3-4,6,16H,1-2,5H2,(H,14,17). The van der Waals surface area contributed by atoms with Gasteiger partial charge in [0.05, 0.1) is 10.7 Å². The number of hydrogen-bond donors (Lipinski definition) is 2. The van der Waals surface area contributed by atoms with Gasteiger partial charge < -0.3 is 5.32 Å². The van der Waals surface area contributed by atoms with Crippen molar-refractivity contribution < 1.29 is 4.79 Å². The molecule has 0 unspecified atom stereocenters. The van der Waals surface area contributed by atoms with Gasteiger partial charge in [-0.25, -0.2) is 0 Å². The first-order chi connectivity index (χ1) is 8.16. The molecule has 1 aromatic rings. The number of benzene rings is 1. The molecule has 90 valence electrons. The number of hydrogen-bond acceptors (Lipinski definition) is 3. The molecule has 1 aromatic carbocycles. The zero-order chi connectivity index (χ0) is 12.3. The van der Waals surface area contributed by atoms with Crippen molar-refractivity contribution in [2.75, 3.05) is 12.0 Å². The van der Waals surface area contributed by atoms with Gasteiger partial charge in [0.2, 0.25) is 0 Å². The maximum Gasteiger partial charge on any atom is 0.267 e. The Balaban J connectivity index is 2.13. The highest BCUT2D eigenvalue weighted by Gasteiger charge is 2.15. The molecule has 0 radical (unpaired) electrons. The maximum absolute atomic E-state index is 11.4. The molecular weight excluding hydrogens is 261 g/mol. The van der Waals surface area contributed by atoms with Crippen molar-refractivity contribution in [3.63, 3.8) is 0 Å². The maximum atomic E-state index is 11.4. The Kier molecular flexibility index (Phi) is 3.86. The number of carbonyl (C=O) groups is 1. The third-order valence-corrected chi connectivity index (χ3v) is 2.94. The first-order valence-corrected chi connectivity index (χ1v) is 5.98. The first kappa shape index (κ1) is 12.2. The molecule has 6 heteroatoms. The zero-order valence-corrected chi connectivity index (χ0v) is 10.5. The van der Waals surface area contributed by atoms with Crippen LogP contribution in [0.5, 0.6) is 0 Å². The second-order valence-corrected chi connectivity index (χ2v) is 4.50. The predicted octanol–water partition coefficient (Wildman–Crippen LogP) is 2.67. The Labute approximate surface area is 109 Å². The summed E-state index contributed by atoms with van der Waals surface area (Å²) < 4.78 is 0. The normalized spacial score (nSPS) is 18.0. The largest absolute Gasteiger partial charge is 0.351 e. The van der Waals surface area contributed by atoms with E-state index in [1.807, 2.05) is 0 Å². The Hall–Kier alpha value is -1.26. The molecule has 0 aliphatic carbocycles. The average molecular weight is 272 g/mol. The van der Waals surface area contributed by atoms with Gasteiger partial charge in [0.1, 0.15) is 5.71 Å². The lowest BCUT2D eigenvalue weighted by molar-refractivity contribution is -0.115. The molecule has 0 atom stereocenters. The fraction of sp³-hybridized carbons (Fsp3) is 0.273. The number of carbonyl (C=O) groups excluding carboxylic acids is 1. The third kappa shape index (κ3) is 3.11. The fourth-order valence-electron chi connectivity index (χ4n) is 1.49. The van der Waals surface area contributed by atoms with Gasteiger partial charge in [0.15, 0.2) is 0 Å². The van der Waals surface area contributed by atoms with E-state index in [1.165, 1.54) is 0 Å². The number of amides is 1. The second-order valence-electron chi connectivity index (χ2n) is 3.65. The summed E-state index contributed by atoms with van der Waals surface area (Å²) in [7, 11) is 0. The third-order valence-electron chi connectivity index (χ3n) is 2.38. The number of hydrazone groups is 1. The smallest absolute Gasteiger partial charge is 0.267 e. The van der Waals surface area contributed by atoms with Crippen LogP contribution in [0.3, 0.4) is 0 Å². The van der Waals surface area contributed by atoms with Crippen LogP contribution >= 0.6 is 23.2 Å². The van der Waals surface area contributed by atoms with Crippen molar-refractivity contribution in [1.29, 1.82) is 0 Å². The van der Waals surface area contributed by atoms with Crippen LogP contribution in [0, 0.1) is 0 Å². The number of piperidine rings is 1. The van der Waals surface area contributed by atoms with Crippen molar-refractivity contribution in [2.45, 2.75) is 12.8 Å². The molecule has 0 spiro atoms. The van der Waals surface area contributed by atoms with Gasteiger partial charge in [-0.2, -0.15) is 5.10 Å². The Morgan fingerprint density at radius 2 is 2.18 bits per heavy atom. The van der Waals surface area contributed by atoms with E-state index in [0.717, 1.165) is 6.42 Å². The fourth-order valence-corrected chi connectivity index (χ4v) is 1.82. The lowest BCUT2D eigenvalue weighted by Gasteiger charge is -2.13. The number of nitrogens with one attached hydrogen (secondary N) is 2. The molecule has 1 amide bonds. The molecule has 4 nitrogen and oxygen atoms in total. The van der Waals surface area contributed by atoms with E-state index >= 15 is 0 Å². The summed E-state index contributed by atoms with van der Waals surface area (Å²) >= 11 is 11.8. The van der Waals surface area contributed by atoms with E-state index in [1.54, 1.807) is 18.2 Å². The van der Waals surface area contributed by atoms with Crippen LogP contribution in [0.1, 0.15) is 12.8 Å². The average Bonchev–Trinajstić information content (AvgIpc) is 2.32. The molecule has 1 fully saturated rings. The molecule has 0 aromatic heterocycles. The van der Waals surface area contributed by atoms with Crippen molar-refractivity contribution >= 4 is 40.5 Å². The van der Waals surface area contributed by atoms with Crippen molar-refractivity contribution in [2.24, 2.45) is 5.10 Å². The Morgan fingerprint density at radius 3 is 2.94 bits per heavy atom. The Morgan fingerprint density at radius 1 is 1.35 bits per heavy atom. The molecule has 1 saturated heterocycles. The van der Waals surface area contributed by atoms with Crippen molar-refractivity contribution in [1.82, 2.24) is 5.32 Å². The van der Waals surface area contributed by atoms with Crippen LogP contribution in [0.2, 0.25) is 10.0 Å². The van der Waals surface area contributed by atoms with Crippen LogP contribution in [0.4, 0.5) is 5.69 Å². The lowest BCUT2D eigenvalue weighted by atomic mass is 10.1. The van der Waals surface area contributed by atoms with Crippen molar-refractivity contribution in [3.05, 3.63) is 28.2 Å². The molecule has 2 rings (SSSR count). The summed E-state index contributed by atoms with van der Waals surface area (Å²) in [5.41, 5.74) is 3.83. The number of nitrogens with zero attached hydrogens (tertiary/aromatic N) is 1. The van der Waals surface area contributed by atoms with Gasteiger partial charge in [0, 0.05) is 11.6 Å². The van der Waals surface area contributed by atoms with Crippen molar-refractivity contribution in [3.8, 4) is 0 Å². The molecular formula is C11H11Cl2N3O. The van der Waals surface area contributed by atoms with Crippen LogP contribution in [0.15, 0.2) is 23.3 Å². The van der Waals surface area contributed by atoms with Gasteiger partial charge in [-0.05, 0) is 31.0 Å². The van der Waals surface area contributed by atoms with E-state index in [-0.39, 0.29) is 5.91 Å². The number of anilines is 1. The van der Waals surface area contributed by atoms with Gasteiger partial charge in [-0.15, -0.1) is 0 Å². The summed E-state index contributed by atoms with van der Waals surface area (Å²) in [6.45, 7) is 0.704. The van der Waals surface area contributed by atoms with Crippen LogP contribution in [-0.4, -0.2) is 18.2 Å². The second kappa shape index (κ2) is 5.38. The molecule has 0 saturated carbocycles. The highest BCUT2D eigenvalue weighted by atomic mass is 35.5. The summed E-state index contributed by atoms with van der Waals surface area (Å²) in [6, 6.07) is 5.03. The first-order valence-electron chi connectivity index (χ1n) is 5.22. The van der Waals surface area contributed by atoms with Gasteiger partial charge in [-0.3, -0.25) is 10.2 Å². The summed E-state index contributed by atoms with van der Waals surface area (Å²) in [5, 5.41) is 7.84. The lowest BCUT2D eigenvalue weighted by Crippen LogP contribution is -2.37. The summed E-state index contributed by atoms with van der Waals surface area (Å²) in [5.74, 6) is -0.137. The van der Waals surface area contributed by atoms with Gasteiger partial charge in [-0.1, -0.05) is 23.2 Å². The molecule has 0 bridgehead atoms. The van der Waals surface area contributed by atoms with E-state index in [9.17, 15) is 4.79 Å². The monoisotopic (exact) mass is 271 g/mol. The van der Waals surface area contributed by atoms with Crippen LogP contribution < -0.4 is 10.7 Å². The minimum absolute atomic E-state index is 0.137. The van der Waals surface area contributed by atoms with Crippen LogP contribution in [0.25, 0.3) is 0 Å². The number of rotatable bonds is 2. The summed E-state index contributed by atoms with van der Waals surface area (Å²) in [4.78, 5) is 11.4. The molecule has 2 N–H and O–H groups in total. The van der Waals surface area contributed by atoms with E-state index in [0.29, 0.717) is 34.4 Å². The highest BCUT2D eigenvalue weighted by molar-refractivity contribution is 6.39. The van der Waals surface area contributed by atoms with Crippen LogP contribution in [-0.2, 0) is 4.79 Å². The zero-order valence-electron chi connectivity index (χ0n) is 8.96. The van der Waals surface area contributed by atoms with E-state index in [4.69, 9.17) is 23.2 Å². The quantitative estimate of drug-likeness (QED) is 0.813. The molecule has 1 aliphatic rings. The van der Waals surface area contributed by atoms with E-state index < -0.39 is 0 Å². The number of halogens is 2. The van der Waals surface area contributed by atoms with E-state index in [2.05, 4.69) is 15.8 Å². The highest BCUT2D eigenvalue weighted by Crippen LogP contribution is 2.25. The minimum Gasteiger partial charge on any atom is -0.351 e. The Bertz CT molecular complexity index is 474. The van der Waals surface area contributed by atoms with Gasteiger partial charge >= 0.3 is 0 Å². The van der Waals surface area contributed by atoms with Gasteiger partial charge in [0.25, 0.3) is 5.91 Å². The molecule has 1 heterocycles. The molecule has 1 aliphatic heterocycles. The SMILES string of the molecule is O=C1NCCCC1=NNc1cc(Cl)ccc1Cl. The minimum atomic E-state index is -0.137. The predicted molar refractivity (Wildman–Crippen MR) is 69.8 cm³/mol. The topological polar surface area (TPSA) is 53.5 Å². The molecule has 17 heavy (non-hydrogen) atoms.